The second kappa shape index (κ2) is 10.5. The third kappa shape index (κ3) is 5.19. The number of aryl methyl sites for hydroxylation is 1. The molecule has 0 atom stereocenters. The van der Waals surface area contributed by atoms with Gasteiger partial charge >= 0.3 is 0 Å². The van der Waals surface area contributed by atoms with Crippen LogP contribution in [-0.2, 0) is 0 Å². The Labute approximate surface area is 217 Å². The Bertz CT molecular complexity index is 1390. The molecule has 0 saturated carbocycles. The van der Waals surface area contributed by atoms with E-state index in [2.05, 4.69) is 4.90 Å². The quantitative estimate of drug-likeness (QED) is 0.246. The Kier molecular flexibility index (Phi) is 7.14. The van der Waals surface area contributed by atoms with E-state index in [1.807, 2.05) is 12.1 Å². The number of phenols is 1. The van der Waals surface area contributed by atoms with Gasteiger partial charge in [0.05, 0.1) is 5.02 Å². The Hall–Kier alpha value is -3.13. The molecule has 1 N–H and O–H groups in total. The molecule has 0 spiro atoms. The van der Waals surface area contributed by atoms with Crippen LogP contribution in [0, 0.1) is 12.7 Å². The van der Waals surface area contributed by atoms with Crippen LogP contribution in [0.15, 0.2) is 54.6 Å². The summed E-state index contributed by atoms with van der Waals surface area (Å²) in [6.07, 6.45) is 2.50. The van der Waals surface area contributed by atoms with Crippen molar-refractivity contribution in [2.24, 2.45) is 0 Å². The first-order valence-corrected chi connectivity index (χ1v) is 13.0. The van der Waals surface area contributed by atoms with Crippen LogP contribution in [0.1, 0.15) is 33.6 Å². The van der Waals surface area contributed by atoms with Crippen LogP contribution in [0.5, 0.6) is 23.0 Å². The summed E-state index contributed by atoms with van der Waals surface area (Å²) < 4.78 is 26.6. The molecule has 0 amide bonds. The minimum absolute atomic E-state index is 0.0409. The monoisotopic (exact) mass is 525 g/mol. The van der Waals surface area contributed by atoms with Crippen molar-refractivity contribution in [2.45, 2.75) is 19.8 Å². The van der Waals surface area contributed by atoms with Gasteiger partial charge in [-0.2, -0.15) is 0 Å². The molecule has 1 saturated heterocycles. The van der Waals surface area contributed by atoms with Crippen LogP contribution < -0.4 is 9.47 Å². The smallest absolute Gasteiger partial charge is 0.208 e. The third-order valence-electron chi connectivity index (χ3n) is 6.23. The summed E-state index contributed by atoms with van der Waals surface area (Å²) in [5.74, 6) is 0.852. The zero-order valence-electron chi connectivity index (χ0n) is 19.7. The molecule has 2 heterocycles. The lowest BCUT2D eigenvalue weighted by Crippen LogP contribution is -2.25. The normalized spacial score (nSPS) is 13.9. The molecule has 36 heavy (non-hydrogen) atoms. The first-order chi connectivity index (χ1) is 17.4. The van der Waals surface area contributed by atoms with E-state index in [1.54, 1.807) is 37.3 Å². The molecule has 8 heteroatoms. The number of ketones is 1. The molecular formula is C28H25ClFNO4S. The second-order valence-corrected chi connectivity index (χ2v) is 10.3. The molecule has 5 nitrogen and oxygen atoms in total. The third-order valence-corrected chi connectivity index (χ3v) is 7.66. The van der Waals surface area contributed by atoms with Gasteiger partial charge in [-0.3, -0.25) is 9.69 Å². The predicted molar refractivity (Wildman–Crippen MR) is 141 cm³/mol. The molecule has 4 aromatic rings. The number of thiophene rings is 1. The molecule has 0 bridgehead atoms. The SMILES string of the molecule is Cc1cc(F)cc(Cl)c1C(=O)c1sc2cc(O)ccc2c1Oc1ccc(OCCN2CCCC2)cc1. The van der Waals surface area contributed by atoms with Crippen molar-refractivity contribution in [3.63, 3.8) is 0 Å². The van der Waals surface area contributed by atoms with E-state index < -0.39 is 5.82 Å². The number of hydrogen-bond donors (Lipinski definition) is 1. The van der Waals surface area contributed by atoms with Gasteiger partial charge in [0.2, 0.25) is 5.78 Å². The van der Waals surface area contributed by atoms with Gasteiger partial charge in [-0.25, -0.2) is 4.39 Å². The number of hydrogen-bond acceptors (Lipinski definition) is 6. The largest absolute Gasteiger partial charge is 0.508 e. The van der Waals surface area contributed by atoms with Crippen LogP contribution in [0.2, 0.25) is 5.02 Å². The number of carbonyl (C=O) groups is 1. The van der Waals surface area contributed by atoms with Crippen molar-refractivity contribution >= 4 is 38.8 Å². The van der Waals surface area contributed by atoms with E-state index in [4.69, 9.17) is 21.1 Å². The fourth-order valence-corrected chi connectivity index (χ4v) is 5.88. The summed E-state index contributed by atoms with van der Waals surface area (Å²) in [5, 5.41) is 10.7. The Morgan fingerprint density at radius 2 is 1.81 bits per heavy atom. The van der Waals surface area contributed by atoms with Crippen LogP contribution in [0.3, 0.4) is 0 Å². The van der Waals surface area contributed by atoms with E-state index in [0.29, 0.717) is 38.6 Å². The van der Waals surface area contributed by atoms with E-state index in [-0.39, 0.29) is 22.1 Å². The second-order valence-electron chi connectivity index (χ2n) is 8.82. The topological polar surface area (TPSA) is 59.0 Å². The van der Waals surface area contributed by atoms with Crippen molar-refractivity contribution in [3.8, 4) is 23.0 Å². The fourth-order valence-electron chi connectivity index (χ4n) is 4.44. The number of nitrogens with zero attached hydrogens (tertiary/aromatic N) is 1. The van der Waals surface area contributed by atoms with Crippen LogP contribution >= 0.6 is 22.9 Å². The number of benzene rings is 3. The molecule has 1 aliphatic rings. The number of halogens is 2. The van der Waals surface area contributed by atoms with Gasteiger partial charge in [0.1, 0.15) is 34.5 Å². The van der Waals surface area contributed by atoms with Gasteiger partial charge in [0, 0.05) is 22.2 Å². The number of rotatable bonds is 8. The van der Waals surface area contributed by atoms with Crippen LogP contribution in [0.25, 0.3) is 10.1 Å². The highest BCUT2D eigenvalue weighted by atomic mass is 35.5. The molecule has 1 aromatic heterocycles. The predicted octanol–water partition coefficient (Wildman–Crippen LogP) is 7.21. The Morgan fingerprint density at radius 1 is 1.08 bits per heavy atom. The molecular weight excluding hydrogens is 501 g/mol. The molecule has 0 radical (unpaired) electrons. The summed E-state index contributed by atoms with van der Waals surface area (Å²) in [6, 6.07) is 14.5. The highest BCUT2D eigenvalue weighted by Gasteiger charge is 2.25. The maximum absolute atomic E-state index is 13.8. The maximum atomic E-state index is 13.8. The number of carbonyl (C=O) groups excluding carboxylic acids is 1. The van der Waals surface area contributed by atoms with Crippen molar-refractivity contribution in [1.82, 2.24) is 4.90 Å². The van der Waals surface area contributed by atoms with Gasteiger partial charge < -0.3 is 14.6 Å². The molecule has 1 aliphatic heterocycles. The number of ether oxygens (including phenoxy) is 2. The molecule has 186 valence electrons. The first kappa shape index (κ1) is 24.6. The number of phenolic OH excluding ortho intramolecular Hbond substituents is 1. The highest BCUT2D eigenvalue weighted by molar-refractivity contribution is 7.21. The lowest BCUT2D eigenvalue weighted by molar-refractivity contribution is 0.104. The number of fused-ring (bicyclic) bond motifs is 1. The zero-order chi connectivity index (χ0) is 25.2. The van der Waals surface area contributed by atoms with Crippen molar-refractivity contribution in [2.75, 3.05) is 26.2 Å². The van der Waals surface area contributed by atoms with Gasteiger partial charge in [-0.1, -0.05) is 11.6 Å². The minimum Gasteiger partial charge on any atom is -0.508 e. The van der Waals surface area contributed by atoms with Gasteiger partial charge in [-0.05, 0) is 93.0 Å². The molecule has 5 rings (SSSR count). The summed E-state index contributed by atoms with van der Waals surface area (Å²) in [5.41, 5.74) is 0.659. The molecule has 0 aliphatic carbocycles. The van der Waals surface area contributed by atoms with Crippen molar-refractivity contribution in [3.05, 3.63) is 81.4 Å². The Morgan fingerprint density at radius 3 is 2.53 bits per heavy atom. The number of aromatic hydroxyl groups is 1. The summed E-state index contributed by atoms with van der Waals surface area (Å²) in [6.45, 7) is 5.43. The fraction of sp³-hybridized carbons (Fsp3) is 0.250. The van der Waals surface area contributed by atoms with E-state index in [1.165, 1.54) is 30.2 Å². The summed E-state index contributed by atoms with van der Waals surface area (Å²) in [7, 11) is 0. The average molecular weight is 526 g/mol. The number of likely N-dealkylation sites (tertiary alicyclic amines) is 1. The summed E-state index contributed by atoms with van der Waals surface area (Å²) >= 11 is 7.45. The minimum atomic E-state index is -0.505. The van der Waals surface area contributed by atoms with E-state index >= 15 is 0 Å². The van der Waals surface area contributed by atoms with E-state index in [0.717, 1.165) is 31.5 Å². The van der Waals surface area contributed by atoms with Gasteiger partial charge in [0.25, 0.3) is 0 Å². The first-order valence-electron chi connectivity index (χ1n) is 11.8. The Balaban J connectivity index is 1.42. The standard InChI is InChI=1S/C28H25ClFNO4S/c1-17-14-18(30)15-23(29)25(17)26(33)28-27(22-9-4-19(32)16-24(22)36-28)35-21-7-5-20(6-8-21)34-13-12-31-10-2-3-11-31/h4-9,14-16,32H,2-3,10-13H2,1H3. The van der Waals surface area contributed by atoms with Crippen molar-refractivity contribution < 1.29 is 23.8 Å². The average Bonchev–Trinajstić information content (AvgIpc) is 3.47. The van der Waals surface area contributed by atoms with Crippen LogP contribution in [0.4, 0.5) is 4.39 Å². The lowest BCUT2D eigenvalue weighted by atomic mass is 10.0. The molecule has 1 fully saturated rings. The zero-order valence-corrected chi connectivity index (χ0v) is 21.3. The van der Waals surface area contributed by atoms with Crippen LogP contribution in [-0.4, -0.2) is 42.0 Å². The summed E-state index contributed by atoms with van der Waals surface area (Å²) in [4.78, 5) is 16.3. The van der Waals surface area contributed by atoms with Gasteiger partial charge in [-0.15, -0.1) is 11.3 Å². The molecule has 0 unspecified atom stereocenters. The van der Waals surface area contributed by atoms with Gasteiger partial charge in [0.15, 0.2) is 5.75 Å². The van der Waals surface area contributed by atoms with E-state index in [9.17, 15) is 14.3 Å². The highest BCUT2D eigenvalue weighted by Crippen LogP contribution is 2.43. The maximum Gasteiger partial charge on any atom is 0.208 e. The lowest BCUT2D eigenvalue weighted by Gasteiger charge is -2.15. The van der Waals surface area contributed by atoms with Crippen molar-refractivity contribution in [1.29, 1.82) is 0 Å². The molecule has 3 aromatic carbocycles.